The molecule has 0 saturated carbocycles. The SMILES string of the molecule is NC1=C(Cl)CC(N)C=C1Cl. The largest absolute Gasteiger partial charge is 0.397 e. The van der Waals surface area contributed by atoms with Crippen LogP contribution >= 0.6 is 23.2 Å². The third-order valence-electron chi connectivity index (χ3n) is 1.32. The molecule has 56 valence electrons. The highest BCUT2D eigenvalue weighted by atomic mass is 35.5. The molecule has 0 aromatic heterocycles. The van der Waals surface area contributed by atoms with Crippen molar-refractivity contribution in [2.45, 2.75) is 12.5 Å². The Bertz CT molecular complexity index is 208. The molecule has 4 heteroatoms. The van der Waals surface area contributed by atoms with E-state index in [1.807, 2.05) is 0 Å². The molecule has 1 rings (SSSR count). The molecule has 0 radical (unpaired) electrons. The lowest BCUT2D eigenvalue weighted by atomic mass is 10.1. The van der Waals surface area contributed by atoms with Gasteiger partial charge in [0.25, 0.3) is 0 Å². The summed E-state index contributed by atoms with van der Waals surface area (Å²) in [5.74, 6) is 0. The Morgan fingerprint density at radius 2 is 2.10 bits per heavy atom. The second-order valence-corrected chi connectivity index (χ2v) is 3.06. The Hall–Kier alpha value is -0.180. The van der Waals surface area contributed by atoms with Crippen molar-refractivity contribution >= 4 is 23.2 Å². The predicted octanol–water partition coefficient (Wildman–Crippen LogP) is 1.25. The van der Waals surface area contributed by atoms with Crippen LogP contribution in [-0.4, -0.2) is 6.04 Å². The van der Waals surface area contributed by atoms with E-state index in [4.69, 9.17) is 34.7 Å². The number of hydrogen-bond acceptors (Lipinski definition) is 2. The van der Waals surface area contributed by atoms with E-state index in [2.05, 4.69) is 0 Å². The van der Waals surface area contributed by atoms with Crippen molar-refractivity contribution in [1.29, 1.82) is 0 Å². The lowest BCUT2D eigenvalue weighted by molar-refractivity contribution is 0.802. The van der Waals surface area contributed by atoms with Crippen molar-refractivity contribution in [1.82, 2.24) is 0 Å². The topological polar surface area (TPSA) is 52.0 Å². The minimum absolute atomic E-state index is 0.0905. The fourth-order valence-electron chi connectivity index (χ4n) is 0.783. The second-order valence-electron chi connectivity index (χ2n) is 2.20. The van der Waals surface area contributed by atoms with Crippen LogP contribution < -0.4 is 11.5 Å². The number of allylic oxidation sites excluding steroid dienone is 1. The monoisotopic (exact) mass is 178 g/mol. The van der Waals surface area contributed by atoms with Crippen LogP contribution in [0.5, 0.6) is 0 Å². The average Bonchev–Trinajstić information content (AvgIpc) is 1.82. The van der Waals surface area contributed by atoms with E-state index in [1.54, 1.807) is 6.08 Å². The first-order valence-electron chi connectivity index (χ1n) is 2.88. The highest BCUT2D eigenvalue weighted by Gasteiger charge is 2.14. The third kappa shape index (κ3) is 1.45. The van der Waals surface area contributed by atoms with Crippen molar-refractivity contribution in [3.8, 4) is 0 Å². The minimum atomic E-state index is -0.0905. The van der Waals surface area contributed by atoms with Gasteiger partial charge in [0, 0.05) is 17.5 Å². The lowest BCUT2D eigenvalue weighted by Crippen LogP contribution is -2.22. The van der Waals surface area contributed by atoms with Gasteiger partial charge < -0.3 is 11.5 Å². The molecule has 1 atom stereocenters. The van der Waals surface area contributed by atoms with Gasteiger partial charge >= 0.3 is 0 Å². The minimum Gasteiger partial charge on any atom is -0.397 e. The first kappa shape index (κ1) is 7.92. The van der Waals surface area contributed by atoms with E-state index >= 15 is 0 Å². The standard InChI is InChI=1S/C6H8Cl2N2/c7-4-1-3(9)2-5(8)6(4)10/h1,3H,2,9-10H2. The van der Waals surface area contributed by atoms with Gasteiger partial charge in [-0.05, 0) is 6.08 Å². The van der Waals surface area contributed by atoms with Crippen molar-refractivity contribution in [3.05, 3.63) is 21.8 Å². The molecule has 10 heavy (non-hydrogen) atoms. The molecule has 0 heterocycles. The molecule has 0 aromatic rings. The molecule has 1 aliphatic carbocycles. The molecular formula is C6H8Cl2N2. The highest BCUT2D eigenvalue weighted by molar-refractivity contribution is 6.35. The van der Waals surface area contributed by atoms with E-state index < -0.39 is 0 Å². The van der Waals surface area contributed by atoms with E-state index in [-0.39, 0.29) is 6.04 Å². The van der Waals surface area contributed by atoms with Gasteiger partial charge in [-0.15, -0.1) is 0 Å². The molecule has 0 fully saturated rings. The van der Waals surface area contributed by atoms with Crippen LogP contribution in [0.3, 0.4) is 0 Å². The maximum atomic E-state index is 5.71. The second kappa shape index (κ2) is 2.82. The molecule has 1 aliphatic rings. The number of nitrogens with two attached hydrogens (primary N) is 2. The summed E-state index contributed by atoms with van der Waals surface area (Å²) in [5.41, 5.74) is 11.5. The summed E-state index contributed by atoms with van der Waals surface area (Å²) in [4.78, 5) is 0. The van der Waals surface area contributed by atoms with Crippen molar-refractivity contribution in [2.24, 2.45) is 11.5 Å². The lowest BCUT2D eigenvalue weighted by Gasteiger charge is -2.14. The first-order chi connectivity index (χ1) is 4.61. The fraction of sp³-hybridized carbons (Fsp3) is 0.333. The Kier molecular flexibility index (Phi) is 2.24. The Balaban J connectivity index is 2.90. The quantitative estimate of drug-likeness (QED) is 0.587. The Morgan fingerprint density at radius 3 is 2.60 bits per heavy atom. The zero-order valence-electron chi connectivity index (χ0n) is 5.27. The van der Waals surface area contributed by atoms with Gasteiger partial charge in [-0.25, -0.2) is 0 Å². The van der Waals surface area contributed by atoms with Gasteiger partial charge in [-0.1, -0.05) is 23.2 Å². The van der Waals surface area contributed by atoms with E-state index in [1.165, 1.54) is 0 Å². The van der Waals surface area contributed by atoms with Crippen LogP contribution in [0.15, 0.2) is 21.8 Å². The predicted molar refractivity (Wildman–Crippen MR) is 43.6 cm³/mol. The zero-order chi connectivity index (χ0) is 7.72. The maximum Gasteiger partial charge on any atom is 0.0648 e. The maximum absolute atomic E-state index is 5.71. The van der Waals surface area contributed by atoms with E-state index in [0.717, 1.165) is 0 Å². The number of halogens is 2. The summed E-state index contributed by atoms with van der Waals surface area (Å²) in [5, 5.41) is 1.02. The van der Waals surface area contributed by atoms with Crippen LogP contribution in [0, 0.1) is 0 Å². The Labute approximate surface area is 69.5 Å². The van der Waals surface area contributed by atoms with Gasteiger partial charge in [0.1, 0.15) is 0 Å². The van der Waals surface area contributed by atoms with Crippen LogP contribution in [0.4, 0.5) is 0 Å². The highest BCUT2D eigenvalue weighted by Crippen LogP contribution is 2.25. The average molecular weight is 179 g/mol. The third-order valence-corrected chi connectivity index (χ3v) is 2.01. The molecule has 0 amide bonds. The molecule has 4 N–H and O–H groups in total. The van der Waals surface area contributed by atoms with Crippen LogP contribution in [-0.2, 0) is 0 Å². The zero-order valence-corrected chi connectivity index (χ0v) is 6.78. The number of rotatable bonds is 0. The molecule has 0 saturated heterocycles. The molecule has 1 unspecified atom stereocenters. The van der Waals surface area contributed by atoms with Crippen molar-refractivity contribution in [2.75, 3.05) is 0 Å². The summed E-state index contributed by atoms with van der Waals surface area (Å²) in [7, 11) is 0. The molecule has 0 aliphatic heterocycles. The van der Waals surface area contributed by atoms with Gasteiger partial charge in [-0.3, -0.25) is 0 Å². The Morgan fingerprint density at radius 1 is 1.50 bits per heavy atom. The number of hydrogen-bond donors (Lipinski definition) is 2. The van der Waals surface area contributed by atoms with Crippen LogP contribution in [0.1, 0.15) is 6.42 Å². The first-order valence-corrected chi connectivity index (χ1v) is 3.64. The summed E-state index contributed by atoms with van der Waals surface area (Å²) in [6.45, 7) is 0. The molecule has 2 nitrogen and oxygen atoms in total. The summed E-state index contributed by atoms with van der Waals surface area (Å²) in [6.07, 6.45) is 2.28. The molecule has 0 bridgehead atoms. The molecular weight excluding hydrogens is 171 g/mol. The summed E-state index contributed by atoms with van der Waals surface area (Å²) < 4.78 is 0. The van der Waals surface area contributed by atoms with Gasteiger partial charge in [-0.2, -0.15) is 0 Å². The van der Waals surface area contributed by atoms with Crippen molar-refractivity contribution in [3.63, 3.8) is 0 Å². The van der Waals surface area contributed by atoms with E-state index in [9.17, 15) is 0 Å². The van der Waals surface area contributed by atoms with E-state index in [0.29, 0.717) is 22.2 Å². The van der Waals surface area contributed by atoms with Gasteiger partial charge in [0.2, 0.25) is 0 Å². The van der Waals surface area contributed by atoms with Crippen molar-refractivity contribution < 1.29 is 0 Å². The smallest absolute Gasteiger partial charge is 0.0648 e. The van der Waals surface area contributed by atoms with Gasteiger partial charge in [0.15, 0.2) is 0 Å². The summed E-state index contributed by atoms with van der Waals surface area (Å²) in [6, 6.07) is -0.0905. The van der Waals surface area contributed by atoms with Gasteiger partial charge in [0.05, 0.1) is 10.7 Å². The van der Waals surface area contributed by atoms with Crippen LogP contribution in [0.25, 0.3) is 0 Å². The molecule has 0 spiro atoms. The summed E-state index contributed by atoms with van der Waals surface area (Å²) >= 11 is 11.4. The normalized spacial score (nSPS) is 26.7. The fourth-order valence-corrected chi connectivity index (χ4v) is 1.39. The molecule has 0 aromatic carbocycles. The van der Waals surface area contributed by atoms with Crippen LogP contribution in [0.2, 0.25) is 0 Å².